The van der Waals surface area contributed by atoms with Crippen molar-refractivity contribution in [1.29, 1.82) is 0 Å². The molecule has 0 radical (unpaired) electrons. The first-order chi connectivity index (χ1) is 18.8. The van der Waals surface area contributed by atoms with Gasteiger partial charge in [0.15, 0.2) is 5.78 Å². The van der Waals surface area contributed by atoms with Crippen molar-refractivity contribution < 1.29 is 33.8 Å². The molecule has 0 saturated heterocycles. The minimum absolute atomic E-state index is 0.0952. The average Bonchev–Trinajstić information content (AvgIpc) is 2.89. The van der Waals surface area contributed by atoms with E-state index in [1.807, 2.05) is 26.8 Å². The predicted molar refractivity (Wildman–Crippen MR) is 153 cm³/mol. The largest absolute Gasteiger partial charge is 0.441 e. The monoisotopic (exact) mass is 554 g/mol. The Bertz CT molecular complexity index is 1170. The molecule has 0 fully saturated rings. The van der Waals surface area contributed by atoms with Gasteiger partial charge in [0.2, 0.25) is 5.78 Å². The fourth-order valence-corrected chi connectivity index (χ4v) is 5.13. The zero-order valence-corrected chi connectivity index (χ0v) is 24.2. The Morgan fingerprint density at radius 1 is 1.20 bits per heavy atom. The third-order valence-electron chi connectivity index (χ3n) is 7.35. The Balaban J connectivity index is 2.64. The van der Waals surface area contributed by atoms with Gasteiger partial charge in [-0.1, -0.05) is 51.2 Å². The van der Waals surface area contributed by atoms with Gasteiger partial charge in [-0.05, 0) is 44.6 Å². The number of aliphatic hydroxyl groups is 1. The van der Waals surface area contributed by atoms with Gasteiger partial charge in [-0.3, -0.25) is 14.4 Å². The van der Waals surface area contributed by atoms with E-state index in [1.54, 1.807) is 38.2 Å². The first-order valence-electron chi connectivity index (χ1n) is 13.5. The van der Waals surface area contributed by atoms with E-state index in [0.717, 1.165) is 0 Å². The summed E-state index contributed by atoms with van der Waals surface area (Å²) in [7, 11) is 1.48. The highest BCUT2D eigenvalue weighted by molar-refractivity contribution is 6.23. The molecule has 2 amide bonds. The van der Waals surface area contributed by atoms with Crippen molar-refractivity contribution in [3.05, 3.63) is 71.0 Å². The van der Waals surface area contributed by atoms with Crippen molar-refractivity contribution in [1.82, 2.24) is 5.32 Å². The molecule has 4 N–H and O–H groups in total. The standard InChI is InChI=1S/C31H42N2O7/c1-8-9-13-22-23-15-21(6)29(39-7)26(35)19(4)14-20(5)28(40-31(32)38)17(2)11-10-12-18(3)30(37)33-24(27(23)36)16-25(22)34/h8,10-12,14,16-17,19,21,26,28-29,35H,1,9,13,15H2,2-7H3,(H2,32,38)(H,33,37)/b11-10-,18-12+,20-14+/t17-,19-,21+,26+,28+,29-/m0/s1. The summed E-state index contributed by atoms with van der Waals surface area (Å²) in [6, 6.07) is 0. The SMILES string of the molecule is C=CCCC1=C2C[C@@H](C)[C@H](OC)[C@H](O)[C@@H](C)/C=C(\C)[C@H](OC(N)=O)[C@@H](C)/C=C\C=C(/C)C(=O)NC(=CC1=O)C2=O. The van der Waals surface area contributed by atoms with Crippen molar-refractivity contribution in [2.45, 2.75) is 72.2 Å². The smallest absolute Gasteiger partial charge is 0.405 e. The van der Waals surface area contributed by atoms with Gasteiger partial charge in [-0.25, -0.2) is 4.79 Å². The molecule has 9 nitrogen and oxygen atoms in total. The highest BCUT2D eigenvalue weighted by Gasteiger charge is 2.35. The number of ketones is 2. The molecular formula is C31H42N2O7. The van der Waals surface area contributed by atoms with Gasteiger partial charge in [-0.15, -0.1) is 6.58 Å². The first-order valence-corrected chi connectivity index (χ1v) is 13.5. The molecule has 2 rings (SSSR count). The second kappa shape index (κ2) is 14.7. The third kappa shape index (κ3) is 8.22. The molecule has 1 aliphatic heterocycles. The fourth-order valence-electron chi connectivity index (χ4n) is 5.13. The van der Waals surface area contributed by atoms with Gasteiger partial charge in [-0.2, -0.15) is 0 Å². The highest BCUT2D eigenvalue weighted by Crippen LogP contribution is 2.31. The Labute approximate surface area is 236 Å². The van der Waals surface area contributed by atoms with Crippen molar-refractivity contribution in [2.24, 2.45) is 23.5 Å². The molecule has 40 heavy (non-hydrogen) atoms. The van der Waals surface area contributed by atoms with E-state index in [1.165, 1.54) is 13.2 Å². The number of aliphatic hydroxyl groups excluding tert-OH is 1. The number of nitrogens with one attached hydrogen (secondary N) is 1. The highest BCUT2D eigenvalue weighted by atomic mass is 16.6. The summed E-state index contributed by atoms with van der Waals surface area (Å²) in [5, 5.41) is 13.9. The van der Waals surface area contributed by atoms with Gasteiger partial charge in [0.25, 0.3) is 5.91 Å². The van der Waals surface area contributed by atoms with Gasteiger partial charge in [0.1, 0.15) is 6.10 Å². The molecule has 9 heteroatoms. The van der Waals surface area contributed by atoms with Crippen molar-refractivity contribution in [2.75, 3.05) is 7.11 Å². The lowest BCUT2D eigenvalue weighted by molar-refractivity contribution is -0.120. The maximum atomic E-state index is 13.6. The van der Waals surface area contributed by atoms with Crippen LogP contribution >= 0.6 is 0 Å². The zero-order valence-electron chi connectivity index (χ0n) is 24.2. The molecule has 0 spiro atoms. The van der Waals surface area contributed by atoms with Crippen molar-refractivity contribution in [3.8, 4) is 0 Å². The molecular weight excluding hydrogens is 512 g/mol. The first kappa shape index (κ1) is 32.7. The number of allylic oxidation sites excluding steroid dienone is 6. The Hall–Kier alpha value is -3.56. The number of nitrogens with two attached hydrogens (primary N) is 1. The Morgan fingerprint density at radius 3 is 2.48 bits per heavy atom. The molecule has 2 bridgehead atoms. The minimum atomic E-state index is -0.985. The second-order valence-electron chi connectivity index (χ2n) is 10.6. The van der Waals surface area contributed by atoms with Crippen LogP contribution in [0.2, 0.25) is 0 Å². The fraction of sp³-hybridized carbons (Fsp3) is 0.484. The minimum Gasteiger partial charge on any atom is -0.441 e. The van der Waals surface area contributed by atoms with Crippen LogP contribution in [0, 0.1) is 17.8 Å². The van der Waals surface area contributed by atoms with Crippen molar-refractivity contribution >= 4 is 23.6 Å². The number of methoxy groups -OCH3 is 1. The van der Waals surface area contributed by atoms with Gasteiger partial charge in [0.05, 0.1) is 17.9 Å². The molecule has 0 saturated carbocycles. The Kier molecular flexibility index (Phi) is 12.0. The molecule has 1 aliphatic carbocycles. The van der Waals surface area contributed by atoms with E-state index in [-0.39, 0.29) is 35.3 Å². The summed E-state index contributed by atoms with van der Waals surface area (Å²) in [5.74, 6) is -2.43. The number of carbonyl (C=O) groups is 4. The van der Waals surface area contributed by atoms with Crippen LogP contribution in [0.4, 0.5) is 4.79 Å². The molecule has 0 aromatic heterocycles. The van der Waals surface area contributed by atoms with Crippen LogP contribution < -0.4 is 11.1 Å². The molecule has 6 atom stereocenters. The average molecular weight is 555 g/mol. The van der Waals surface area contributed by atoms with E-state index in [4.69, 9.17) is 15.2 Å². The summed E-state index contributed by atoms with van der Waals surface area (Å²) in [6.45, 7) is 12.6. The van der Waals surface area contributed by atoms with Crippen LogP contribution in [-0.2, 0) is 23.9 Å². The number of fused-ring (bicyclic) bond motifs is 2. The number of carbonyl (C=O) groups excluding carboxylic acids is 4. The summed E-state index contributed by atoms with van der Waals surface area (Å²) in [6.07, 6.45) is 7.29. The molecule has 218 valence electrons. The molecule has 0 aromatic carbocycles. The van der Waals surface area contributed by atoms with Crippen LogP contribution in [-0.4, -0.2) is 54.1 Å². The molecule has 0 unspecified atom stereocenters. The lowest BCUT2D eigenvalue weighted by atomic mass is 9.81. The van der Waals surface area contributed by atoms with Gasteiger partial charge in [0, 0.05) is 41.7 Å². The van der Waals surface area contributed by atoms with Gasteiger partial charge < -0.3 is 25.6 Å². The lowest BCUT2D eigenvalue weighted by Crippen LogP contribution is -2.40. The number of amides is 2. The maximum Gasteiger partial charge on any atom is 0.405 e. The number of hydrogen-bond donors (Lipinski definition) is 3. The van der Waals surface area contributed by atoms with Crippen molar-refractivity contribution in [3.63, 3.8) is 0 Å². The van der Waals surface area contributed by atoms with Crippen LogP contribution in [0.15, 0.2) is 71.0 Å². The van der Waals surface area contributed by atoms with Crippen LogP contribution in [0.3, 0.4) is 0 Å². The number of ether oxygens (including phenoxy) is 2. The van der Waals surface area contributed by atoms with E-state index >= 15 is 0 Å². The number of rotatable bonds is 5. The molecule has 2 aliphatic rings. The number of Topliss-reactive ketones (excluding diaryl/α,β-unsaturated/α-hetero) is 1. The van der Waals surface area contributed by atoms with E-state index in [0.29, 0.717) is 29.6 Å². The van der Waals surface area contributed by atoms with Crippen LogP contribution in [0.25, 0.3) is 0 Å². The summed E-state index contributed by atoms with van der Waals surface area (Å²) < 4.78 is 11.1. The summed E-state index contributed by atoms with van der Waals surface area (Å²) >= 11 is 0. The van der Waals surface area contributed by atoms with Gasteiger partial charge >= 0.3 is 6.09 Å². The van der Waals surface area contributed by atoms with Crippen LogP contribution in [0.1, 0.15) is 53.9 Å². The summed E-state index contributed by atoms with van der Waals surface area (Å²) in [4.78, 5) is 51.2. The lowest BCUT2D eigenvalue weighted by Gasteiger charge is -2.32. The van der Waals surface area contributed by atoms with Crippen LogP contribution in [0.5, 0.6) is 0 Å². The Morgan fingerprint density at radius 2 is 1.88 bits per heavy atom. The summed E-state index contributed by atoms with van der Waals surface area (Å²) in [5.41, 5.74) is 6.89. The number of primary amides is 1. The van der Waals surface area contributed by atoms with E-state index in [9.17, 15) is 24.3 Å². The normalized spacial score (nSPS) is 32.4. The predicted octanol–water partition coefficient (Wildman–Crippen LogP) is 4.00. The molecule has 0 aromatic rings. The van der Waals surface area contributed by atoms with E-state index in [2.05, 4.69) is 11.9 Å². The molecule has 1 heterocycles. The zero-order chi connectivity index (χ0) is 30.1. The maximum absolute atomic E-state index is 13.6. The van der Waals surface area contributed by atoms with E-state index < -0.39 is 42.0 Å². The topological polar surface area (TPSA) is 145 Å². The second-order valence-corrected chi connectivity index (χ2v) is 10.6. The quantitative estimate of drug-likeness (QED) is 0.344. The number of hydrogen-bond acceptors (Lipinski definition) is 7. The third-order valence-corrected chi connectivity index (χ3v) is 7.35.